The van der Waals surface area contributed by atoms with Crippen LogP contribution < -0.4 is 4.90 Å². The number of fused-ring (bicyclic) bond motifs is 3. The minimum Gasteiger partial charge on any atom is -0.478 e. The van der Waals surface area contributed by atoms with E-state index in [1.54, 1.807) is 19.2 Å². The van der Waals surface area contributed by atoms with E-state index in [0.717, 1.165) is 12.8 Å². The molecule has 2 atom stereocenters. The van der Waals surface area contributed by atoms with E-state index in [-0.39, 0.29) is 23.7 Å². The maximum absolute atomic E-state index is 12.4. The number of carboxylic acids is 1. The van der Waals surface area contributed by atoms with Crippen LogP contribution >= 0.6 is 0 Å². The van der Waals surface area contributed by atoms with Gasteiger partial charge >= 0.3 is 12.1 Å². The molecule has 1 N–H and O–H groups in total. The lowest BCUT2D eigenvalue weighted by Crippen LogP contribution is -2.64. The fourth-order valence-electron chi connectivity index (χ4n) is 3.55. The first-order valence-electron chi connectivity index (χ1n) is 8.62. The molecule has 4 rings (SSSR count). The van der Waals surface area contributed by atoms with Crippen molar-refractivity contribution >= 4 is 17.9 Å². The molecule has 0 radical (unpaired) electrons. The highest BCUT2D eigenvalue weighted by Crippen LogP contribution is 2.33. The number of aryl methyl sites for hydroxylation is 1. The summed E-state index contributed by atoms with van der Waals surface area (Å²) in [6, 6.07) is 1.83. The predicted octanol–water partition coefficient (Wildman–Crippen LogP) is 2.68. The van der Waals surface area contributed by atoms with Crippen LogP contribution in [-0.4, -0.2) is 57.8 Å². The Kier molecular flexibility index (Phi) is 4.34. The van der Waals surface area contributed by atoms with Crippen LogP contribution in [0.2, 0.25) is 0 Å². The van der Waals surface area contributed by atoms with Crippen molar-refractivity contribution in [1.82, 2.24) is 9.88 Å². The van der Waals surface area contributed by atoms with Crippen molar-refractivity contribution in [3.63, 3.8) is 0 Å². The lowest BCUT2D eigenvalue weighted by molar-refractivity contribution is 0.000782. The minimum atomic E-state index is -0.946. The number of carboxylic acid groups (broad SMARTS) is 1. The molecule has 3 fully saturated rings. The van der Waals surface area contributed by atoms with Gasteiger partial charge < -0.3 is 19.6 Å². The van der Waals surface area contributed by atoms with E-state index in [2.05, 4.69) is 9.88 Å². The second kappa shape index (κ2) is 6.20. The van der Waals surface area contributed by atoms with E-state index in [4.69, 9.17) is 4.74 Å². The normalized spacial score (nSPS) is 22.9. The molecule has 136 valence electrons. The van der Waals surface area contributed by atoms with Crippen molar-refractivity contribution in [3.8, 4) is 0 Å². The highest BCUT2D eigenvalue weighted by molar-refractivity contribution is 5.90. The number of hydrogen-bond acceptors (Lipinski definition) is 5. The molecular formula is C18H25N3O4. The predicted molar refractivity (Wildman–Crippen MR) is 93.0 cm³/mol. The van der Waals surface area contributed by atoms with Crippen LogP contribution in [0.4, 0.5) is 10.6 Å². The van der Waals surface area contributed by atoms with Crippen LogP contribution in [0.25, 0.3) is 0 Å². The minimum absolute atomic E-state index is 0.0660. The van der Waals surface area contributed by atoms with Crippen molar-refractivity contribution in [1.29, 1.82) is 0 Å². The number of carbonyl (C=O) groups excluding carboxylic acids is 1. The number of amides is 1. The van der Waals surface area contributed by atoms with Gasteiger partial charge in [-0.2, -0.15) is 0 Å². The largest absolute Gasteiger partial charge is 0.478 e. The Hall–Kier alpha value is -2.31. The lowest BCUT2D eigenvalue weighted by atomic mass is 9.91. The summed E-state index contributed by atoms with van der Waals surface area (Å²) in [5, 5.41) is 9.33. The molecule has 2 bridgehead atoms. The Bertz CT molecular complexity index is 698. The van der Waals surface area contributed by atoms with E-state index in [1.165, 1.54) is 0 Å². The Balaban J connectivity index is 1.78. The topological polar surface area (TPSA) is 83.0 Å². The van der Waals surface area contributed by atoms with E-state index in [1.807, 2.05) is 25.7 Å². The second-order valence-corrected chi connectivity index (χ2v) is 7.83. The zero-order valence-corrected chi connectivity index (χ0v) is 15.2. The van der Waals surface area contributed by atoms with Crippen molar-refractivity contribution in [3.05, 3.63) is 23.4 Å². The molecule has 2 unspecified atom stereocenters. The first-order valence-corrected chi connectivity index (χ1v) is 8.62. The van der Waals surface area contributed by atoms with Gasteiger partial charge in [0.05, 0.1) is 11.6 Å². The molecule has 7 nitrogen and oxygen atoms in total. The third-order valence-electron chi connectivity index (χ3n) is 4.77. The molecule has 0 aliphatic carbocycles. The van der Waals surface area contributed by atoms with Gasteiger partial charge in [-0.15, -0.1) is 0 Å². The Morgan fingerprint density at radius 2 is 1.92 bits per heavy atom. The van der Waals surface area contributed by atoms with Gasteiger partial charge in [0, 0.05) is 25.3 Å². The molecular weight excluding hydrogens is 322 g/mol. The van der Waals surface area contributed by atoms with Gasteiger partial charge in [0.1, 0.15) is 11.4 Å². The molecule has 3 aliphatic rings. The van der Waals surface area contributed by atoms with Crippen molar-refractivity contribution in [2.75, 3.05) is 18.0 Å². The van der Waals surface area contributed by atoms with Crippen LogP contribution in [0.3, 0.4) is 0 Å². The highest BCUT2D eigenvalue weighted by atomic mass is 16.6. The quantitative estimate of drug-likeness (QED) is 0.886. The lowest BCUT2D eigenvalue weighted by Gasteiger charge is -2.51. The molecule has 1 aromatic heterocycles. The molecule has 25 heavy (non-hydrogen) atoms. The summed E-state index contributed by atoms with van der Waals surface area (Å²) < 4.78 is 5.51. The molecule has 1 amide bonds. The number of nitrogens with zero attached hydrogens (tertiary/aromatic N) is 3. The van der Waals surface area contributed by atoms with Gasteiger partial charge in [0.25, 0.3) is 0 Å². The van der Waals surface area contributed by atoms with Crippen LogP contribution in [0.5, 0.6) is 0 Å². The number of aromatic nitrogens is 1. The average molecular weight is 347 g/mol. The fraction of sp³-hybridized carbons (Fsp3) is 0.611. The molecule has 0 saturated carbocycles. The number of piperidine rings is 2. The number of aromatic carboxylic acids is 1. The molecule has 3 aliphatic heterocycles. The summed E-state index contributed by atoms with van der Waals surface area (Å²) in [4.78, 5) is 32.2. The summed E-state index contributed by atoms with van der Waals surface area (Å²) in [5.41, 5.74) is 0.409. The molecule has 1 aromatic rings. The van der Waals surface area contributed by atoms with Gasteiger partial charge in [-0.1, -0.05) is 0 Å². The SMILES string of the molecule is Cc1cnc(N2CC3CCC2CN3C(=O)OC(C)(C)C)cc1C(=O)O. The summed E-state index contributed by atoms with van der Waals surface area (Å²) in [5.74, 6) is -0.278. The van der Waals surface area contributed by atoms with Gasteiger partial charge in [0.15, 0.2) is 0 Å². The molecule has 7 heteroatoms. The number of rotatable bonds is 2. The van der Waals surface area contributed by atoms with Gasteiger partial charge in [-0.3, -0.25) is 0 Å². The van der Waals surface area contributed by atoms with Crippen LogP contribution in [0.1, 0.15) is 49.5 Å². The summed E-state index contributed by atoms with van der Waals surface area (Å²) in [7, 11) is 0. The maximum Gasteiger partial charge on any atom is 0.410 e. The number of hydrogen-bond donors (Lipinski definition) is 1. The first kappa shape index (κ1) is 17.5. The van der Waals surface area contributed by atoms with E-state index in [0.29, 0.717) is 24.5 Å². The summed E-state index contributed by atoms with van der Waals surface area (Å²) in [6.07, 6.45) is 3.22. The number of ether oxygens (including phenoxy) is 1. The first-order chi connectivity index (χ1) is 11.7. The number of pyridine rings is 1. The zero-order valence-electron chi connectivity index (χ0n) is 15.2. The smallest absolute Gasteiger partial charge is 0.410 e. The second-order valence-electron chi connectivity index (χ2n) is 7.83. The Morgan fingerprint density at radius 1 is 1.24 bits per heavy atom. The van der Waals surface area contributed by atoms with Gasteiger partial charge in [-0.05, 0) is 52.2 Å². The summed E-state index contributed by atoms with van der Waals surface area (Å²) >= 11 is 0. The van der Waals surface area contributed by atoms with E-state index >= 15 is 0 Å². The Morgan fingerprint density at radius 3 is 2.48 bits per heavy atom. The van der Waals surface area contributed by atoms with Crippen molar-refractivity contribution in [2.45, 2.75) is 58.2 Å². The van der Waals surface area contributed by atoms with Gasteiger partial charge in [0.2, 0.25) is 0 Å². The van der Waals surface area contributed by atoms with Gasteiger partial charge in [-0.25, -0.2) is 14.6 Å². The average Bonchev–Trinajstić information content (AvgIpc) is 2.53. The van der Waals surface area contributed by atoms with Crippen molar-refractivity contribution in [2.24, 2.45) is 0 Å². The monoisotopic (exact) mass is 347 g/mol. The fourth-order valence-corrected chi connectivity index (χ4v) is 3.55. The standard InChI is InChI=1S/C18H25N3O4/c1-11-8-19-15(7-14(11)16(22)23)20-9-13-6-5-12(20)10-21(13)17(24)25-18(2,3)4/h7-8,12-13H,5-6,9-10H2,1-4H3,(H,22,23). The highest BCUT2D eigenvalue weighted by Gasteiger charge is 2.43. The molecule has 3 saturated heterocycles. The van der Waals surface area contributed by atoms with Crippen LogP contribution in [0.15, 0.2) is 12.3 Å². The Labute approximate surface area is 147 Å². The number of anilines is 1. The van der Waals surface area contributed by atoms with Crippen molar-refractivity contribution < 1.29 is 19.4 Å². The third-order valence-corrected chi connectivity index (χ3v) is 4.77. The molecule has 0 aromatic carbocycles. The van der Waals surface area contributed by atoms with Crippen LogP contribution in [0, 0.1) is 6.92 Å². The van der Waals surface area contributed by atoms with E-state index < -0.39 is 11.6 Å². The maximum atomic E-state index is 12.4. The zero-order chi connectivity index (χ0) is 18.4. The van der Waals surface area contributed by atoms with Crippen LogP contribution in [-0.2, 0) is 4.74 Å². The summed E-state index contributed by atoms with van der Waals surface area (Å²) in [6.45, 7) is 8.57. The number of carbonyl (C=O) groups is 2. The van der Waals surface area contributed by atoms with E-state index in [9.17, 15) is 14.7 Å². The third kappa shape index (κ3) is 3.55. The number of piperazine rings is 1. The molecule has 0 spiro atoms. The molecule has 4 heterocycles.